The summed E-state index contributed by atoms with van der Waals surface area (Å²) >= 11 is 5.00. The third kappa shape index (κ3) is 4.13. The van der Waals surface area contributed by atoms with E-state index in [0.717, 1.165) is 5.56 Å². The second kappa shape index (κ2) is 6.77. The third-order valence-electron chi connectivity index (χ3n) is 2.60. The lowest BCUT2D eigenvalue weighted by Gasteiger charge is -2.08. The molecule has 0 bridgehead atoms. The Morgan fingerprint density at radius 2 is 1.70 bits per heavy atom. The molecule has 0 fully saturated rings. The normalized spacial score (nSPS) is 9.85. The van der Waals surface area contributed by atoms with Gasteiger partial charge in [0.05, 0.1) is 0 Å². The molecule has 2 N–H and O–H groups in total. The largest absolute Gasteiger partial charge is 0.368 e. The zero-order valence-corrected chi connectivity index (χ0v) is 11.4. The molecule has 0 heterocycles. The highest BCUT2D eigenvalue weighted by molar-refractivity contribution is 7.82. The van der Waals surface area contributed by atoms with Crippen molar-refractivity contribution >= 4 is 28.8 Å². The van der Waals surface area contributed by atoms with E-state index in [-0.39, 0.29) is 10.8 Å². The van der Waals surface area contributed by atoms with E-state index >= 15 is 0 Å². The molecule has 0 aliphatic carbocycles. The van der Waals surface area contributed by atoms with Crippen LogP contribution in [0.25, 0.3) is 0 Å². The minimum atomic E-state index is -0.414. The van der Waals surface area contributed by atoms with E-state index in [9.17, 15) is 9.18 Å². The number of thiocarbonyl (C=S) groups is 1. The number of benzene rings is 2. The van der Waals surface area contributed by atoms with Crippen LogP contribution in [0.5, 0.6) is 0 Å². The number of amides is 1. The minimum absolute atomic E-state index is 0.0955. The average Bonchev–Trinajstić information content (AvgIpc) is 2.48. The van der Waals surface area contributed by atoms with Crippen LogP contribution in [0.4, 0.5) is 10.1 Å². The van der Waals surface area contributed by atoms with Crippen LogP contribution in [0.2, 0.25) is 0 Å². The molecule has 1 amide bonds. The Morgan fingerprint density at radius 1 is 1.05 bits per heavy atom. The van der Waals surface area contributed by atoms with Crippen molar-refractivity contribution in [2.24, 2.45) is 0 Å². The zero-order valence-electron chi connectivity index (χ0n) is 10.6. The monoisotopic (exact) mass is 288 g/mol. The molecule has 0 aliphatic heterocycles. The van der Waals surface area contributed by atoms with E-state index in [0.29, 0.717) is 12.2 Å². The first-order valence-electron chi connectivity index (χ1n) is 6.04. The highest BCUT2D eigenvalue weighted by Crippen LogP contribution is 2.08. The van der Waals surface area contributed by atoms with Gasteiger partial charge in [-0.25, -0.2) is 4.39 Å². The number of hydrogen-bond acceptors (Lipinski definition) is 2. The second-order valence-electron chi connectivity index (χ2n) is 4.13. The first-order valence-corrected chi connectivity index (χ1v) is 6.44. The van der Waals surface area contributed by atoms with E-state index in [2.05, 4.69) is 10.6 Å². The van der Waals surface area contributed by atoms with Crippen molar-refractivity contribution in [1.29, 1.82) is 0 Å². The highest BCUT2D eigenvalue weighted by atomic mass is 32.1. The fraction of sp³-hybridized carbons (Fsp3) is 0.0667. The maximum absolute atomic E-state index is 12.7. The molecule has 0 spiro atoms. The summed E-state index contributed by atoms with van der Waals surface area (Å²) in [6.07, 6.45) is 0. The average molecular weight is 288 g/mol. The van der Waals surface area contributed by atoms with Crippen molar-refractivity contribution in [3.63, 3.8) is 0 Å². The molecule has 0 aromatic heterocycles. The number of hydrogen-bond donors (Lipinski definition) is 2. The molecule has 0 saturated carbocycles. The number of nitrogens with one attached hydrogen (secondary N) is 2. The highest BCUT2D eigenvalue weighted by Gasteiger charge is 2.08. The molecule has 3 nitrogen and oxygen atoms in total. The number of carbonyl (C=O) groups excluding carboxylic acids is 1. The van der Waals surface area contributed by atoms with Gasteiger partial charge < -0.3 is 10.6 Å². The Morgan fingerprint density at radius 3 is 2.35 bits per heavy atom. The van der Waals surface area contributed by atoms with Crippen LogP contribution >= 0.6 is 12.2 Å². The molecule has 0 aliphatic rings. The minimum Gasteiger partial charge on any atom is -0.368 e. The molecule has 0 atom stereocenters. The van der Waals surface area contributed by atoms with Crippen LogP contribution in [0.15, 0.2) is 54.6 Å². The van der Waals surface area contributed by atoms with Crippen LogP contribution in [0.1, 0.15) is 5.56 Å². The predicted octanol–water partition coefficient (Wildman–Crippen LogP) is 2.88. The quantitative estimate of drug-likeness (QED) is 0.853. The maximum Gasteiger partial charge on any atom is 0.283 e. The van der Waals surface area contributed by atoms with Gasteiger partial charge in [-0.1, -0.05) is 42.5 Å². The number of carbonyl (C=O) groups is 1. The molecule has 0 unspecified atom stereocenters. The summed E-state index contributed by atoms with van der Waals surface area (Å²) < 4.78 is 12.7. The van der Waals surface area contributed by atoms with E-state index in [1.54, 1.807) is 0 Å². The van der Waals surface area contributed by atoms with Gasteiger partial charge in [-0.3, -0.25) is 4.79 Å². The van der Waals surface area contributed by atoms with Crippen molar-refractivity contribution in [1.82, 2.24) is 5.32 Å². The predicted molar refractivity (Wildman–Crippen MR) is 80.9 cm³/mol. The van der Waals surface area contributed by atoms with E-state index in [4.69, 9.17) is 12.2 Å². The molecule has 2 aromatic carbocycles. The summed E-state index contributed by atoms with van der Waals surface area (Å²) in [6.45, 7) is 0.483. The van der Waals surface area contributed by atoms with Gasteiger partial charge in [-0.15, -0.1) is 0 Å². The molecular formula is C15H13FN2OS. The summed E-state index contributed by atoms with van der Waals surface area (Å²) in [5.41, 5.74) is 1.53. The van der Waals surface area contributed by atoms with Crippen molar-refractivity contribution in [3.8, 4) is 0 Å². The molecule has 0 radical (unpaired) electrons. The van der Waals surface area contributed by atoms with Crippen molar-refractivity contribution < 1.29 is 9.18 Å². The van der Waals surface area contributed by atoms with Crippen LogP contribution in [0, 0.1) is 5.82 Å². The second-order valence-corrected chi connectivity index (χ2v) is 4.54. The van der Waals surface area contributed by atoms with E-state index in [1.807, 2.05) is 30.3 Å². The van der Waals surface area contributed by atoms with Gasteiger partial charge in [0, 0.05) is 12.2 Å². The standard InChI is InChI=1S/C15H13FN2OS/c16-12-6-8-13(9-7-12)18-14(19)15(20)17-10-11-4-2-1-3-5-11/h1-9H,10H2,(H,17,20)(H,18,19). The summed E-state index contributed by atoms with van der Waals surface area (Å²) in [6, 6.07) is 15.1. The fourth-order valence-corrected chi connectivity index (χ4v) is 1.70. The van der Waals surface area contributed by atoms with Crippen molar-refractivity contribution in [2.45, 2.75) is 6.54 Å². The Kier molecular flexibility index (Phi) is 4.79. The summed E-state index contributed by atoms with van der Waals surface area (Å²) in [5.74, 6) is -0.768. The maximum atomic E-state index is 12.7. The molecule has 5 heteroatoms. The first kappa shape index (κ1) is 14.1. The summed E-state index contributed by atoms with van der Waals surface area (Å²) in [4.78, 5) is 11.9. The SMILES string of the molecule is O=C(Nc1ccc(F)cc1)C(=S)NCc1ccccc1. The fourth-order valence-electron chi connectivity index (χ4n) is 1.58. The summed E-state index contributed by atoms with van der Waals surface area (Å²) in [5, 5.41) is 5.47. The topological polar surface area (TPSA) is 41.1 Å². The van der Waals surface area contributed by atoms with Gasteiger partial charge in [0.25, 0.3) is 5.91 Å². The lowest BCUT2D eigenvalue weighted by atomic mass is 10.2. The zero-order chi connectivity index (χ0) is 14.4. The third-order valence-corrected chi connectivity index (χ3v) is 2.93. The Labute approximate surface area is 121 Å². The van der Waals surface area contributed by atoms with Gasteiger partial charge in [0.2, 0.25) is 0 Å². The summed E-state index contributed by atoms with van der Waals surface area (Å²) in [7, 11) is 0. The van der Waals surface area contributed by atoms with Gasteiger partial charge in [0.1, 0.15) is 5.82 Å². The van der Waals surface area contributed by atoms with Gasteiger partial charge in [0.15, 0.2) is 4.99 Å². The lowest BCUT2D eigenvalue weighted by molar-refractivity contribution is -0.110. The number of anilines is 1. The smallest absolute Gasteiger partial charge is 0.283 e. The van der Waals surface area contributed by atoms with Crippen LogP contribution in [-0.4, -0.2) is 10.9 Å². The van der Waals surface area contributed by atoms with Crippen LogP contribution in [0.3, 0.4) is 0 Å². The van der Waals surface area contributed by atoms with E-state index in [1.165, 1.54) is 24.3 Å². The van der Waals surface area contributed by atoms with Crippen molar-refractivity contribution in [2.75, 3.05) is 5.32 Å². The Bertz CT molecular complexity index is 599. The van der Waals surface area contributed by atoms with E-state index < -0.39 is 5.91 Å². The Hall–Kier alpha value is -2.27. The molecule has 20 heavy (non-hydrogen) atoms. The van der Waals surface area contributed by atoms with Gasteiger partial charge in [-0.05, 0) is 29.8 Å². The van der Waals surface area contributed by atoms with Crippen LogP contribution in [-0.2, 0) is 11.3 Å². The first-order chi connectivity index (χ1) is 9.65. The number of halogens is 1. The molecule has 0 saturated heterocycles. The van der Waals surface area contributed by atoms with Crippen LogP contribution < -0.4 is 10.6 Å². The molecule has 2 rings (SSSR count). The molecule has 2 aromatic rings. The van der Waals surface area contributed by atoms with Gasteiger partial charge >= 0.3 is 0 Å². The lowest BCUT2D eigenvalue weighted by Crippen LogP contribution is -2.33. The molecular weight excluding hydrogens is 275 g/mol. The Balaban J connectivity index is 1.86. The van der Waals surface area contributed by atoms with Crippen molar-refractivity contribution in [3.05, 3.63) is 66.0 Å². The molecule has 102 valence electrons. The van der Waals surface area contributed by atoms with Gasteiger partial charge in [-0.2, -0.15) is 0 Å². The number of rotatable bonds is 3.